The second-order valence-corrected chi connectivity index (χ2v) is 5.46. The van der Waals surface area contributed by atoms with Gasteiger partial charge in [0, 0.05) is 29.4 Å². The molecule has 0 radical (unpaired) electrons. The Hall–Kier alpha value is -1.42. The molecule has 0 saturated carbocycles. The Balaban J connectivity index is 2.14. The first-order valence-corrected chi connectivity index (χ1v) is 6.45. The summed E-state index contributed by atoms with van der Waals surface area (Å²) in [7, 11) is 0. The molecule has 1 fully saturated rings. The van der Waals surface area contributed by atoms with E-state index in [0.29, 0.717) is 13.0 Å². The van der Waals surface area contributed by atoms with Crippen molar-refractivity contribution >= 4 is 38.4 Å². The molecular formula is C13H11BrN2O. The number of halogens is 1. The number of nitrogens with zero attached hydrogens (tertiary/aromatic N) is 2. The van der Waals surface area contributed by atoms with E-state index in [-0.39, 0.29) is 10.7 Å². The van der Waals surface area contributed by atoms with Gasteiger partial charge in [0.2, 0.25) is 5.91 Å². The number of amides is 1. The number of benzene rings is 1. The molecule has 4 heteroatoms. The van der Waals surface area contributed by atoms with Crippen LogP contribution in [0.2, 0.25) is 0 Å². The molecule has 1 aromatic carbocycles. The lowest BCUT2D eigenvalue weighted by Crippen LogP contribution is -2.25. The maximum atomic E-state index is 11.9. The fourth-order valence-corrected chi connectivity index (χ4v) is 2.75. The Morgan fingerprint density at radius 3 is 2.88 bits per heavy atom. The molecule has 1 aromatic heterocycles. The smallest absolute Gasteiger partial charge is 0.229 e. The van der Waals surface area contributed by atoms with E-state index in [1.165, 1.54) is 0 Å². The predicted molar refractivity (Wildman–Crippen MR) is 71.4 cm³/mol. The van der Waals surface area contributed by atoms with Crippen molar-refractivity contribution in [3.05, 3.63) is 36.5 Å². The number of fused-ring (bicyclic) bond motifs is 1. The van der Waals surface area contributed by atoms with Crippen LogP contribution >= 0.6 is 15.9 Å². The minimum Gasteiger partial charge on any atom is -0.295 e. The summed E-state index contributed by atoms with van der Waals surface area (Å²) >= 11 is 3.49. The highest BCUT2D eigenvalue weighted by molar-refractivity contribution is 9.09. The zero-order chi connectivity index (χ0) is 11.8. The van der Waals surface area contributed by atoms with Gasteiger partial charge in [-0.1, -0.05) is 40.2 Å². The van der Waals surface area contributed by atoms with E-state index in [1.807, 2.05) is 30.3 Å². The number of carbonyl (C=O) groups is 1. The van der Waals surface area contributed by atoms with Crippen molar-refractivity contribution < 1.29 is 4.79 Å². The van der Waals surface area contributed by atoms with Gasteiger partial charge in [0.05, 0.1) is 0 Å². The van der Waals surface area contributed by atoms with E-state index in [1.54, 1.807) is 11.1 Å². The summed E-state index contributed by atoms with van der Waals surface area (Å²) in [5, 5.41) is 2.15. The normalized spacial score (nSPS) is 20.2. The first-order valence-electron chi connectivity index (χ1n) is 5.54. The van der Waals surface area contributed by atoms with Crippen molar-refractivity contribution in [1.29, 1.82) is 0 Å². The van der Waals surface area contributed by atoms with Gasteiger partial charge in [-0.2, -0.15) is 0 Å². The van der Waals surface area contributed by atoms with Crippen LogP contribution in [0.3, 0.4) is 0 Å². The van der Waals surface area contributed by atoms with Crippen LogP contribution in [-0.4, -0.2) is 22.3 Å². The second kappa shape index (κ2) is 4.11. The van der Waals surface area contributed by atoms with E-state index in [9.17, 15) is 4.79 Å². The third-order valence-corrected chi connectivity index (χ3v) is 3.60. The summed E-state index contributed by atoms with van der Waals surface area (Å²) in [6, 6.07) is 9.97. The van der Waals surface area contributed by atoms with Gasteiger partial charge in [-0.25, -0.2) is 4.98 Å². The zero-order valence-corrected chi connectivity index (χ0v) is 10.7. The van der Waals surface area contributed by atoms with Gasteiger partial charge < -0.3 is 0 Å². The number of carbonyl (C=O) groups excluding carboxylic acids is 1. The molecule has 0 aliphatic carbocycles. The molecule has 3 rings (SSSR count). The summed E-state index contributed by atoms with van der Waals surface area (Å²) in [6.45, 7) is 0.694. The standard InChI is InChI=1S/C13H11BrN2O/c14-10-7-12(17)16(8-10)13-11-4-2-1-3-9(11)5-6-15-13/h1-6,10H,7-8H2. The molecule has 1 atom stereocenters. The Bertz CT molecular complexity index is 579. The predicted octanol–water partition coefficient (Wildman–Crippen LogP) is 2.74. The minimum atomic E-state index is 0.135. The fraction of sp³-hybridized carbons (Fsp3) is 0.231. The van der Waals surface area contributed by atoms with Crippen molar-refractivity contribution in [2.45, 2.75) is 11.2 Å². The van der Waals surface area contributed by atoms with Crippen LogP contribution in [0.15, 0.2) is 36.5 Å². The van der Waals surface area contributed by atoms with Gasteiger partial charge in [0.15, 0.2) is 0 Å². The molecule has 1 amide bonds. The van der Waals surface area contributed by atoms with Gasteiger partial charge in [0.25, 0.3) is 0 Å². The molecule has 2 aromatic rings. The van der Waals surface area contributed by atoms with E-state index in [2.05, 4.69) is 20.9 Å². The fourth-order valence-electron chi connectivity index (χ4n) is 2.19. The number of alkyl halides is 1. The third-order valence-electron chi connectivity index (χ3n) is 2.99. The Labute approximate surface area is 108 Å². The summed E-state index contributed by atoms with van der Waals surface area (Å²) < 4.78 is 0. The van der Waals surface area contributed by atoms with Crippen molar-refractivity contribution in [3.63, 3.8) is 0 Å². The molecule has 17 heavy (non-hydrogen) atoms. The van der Waals surface area contributed by atoms with Crippen LogP contribution in [0, 0.1) is 0 Å². The largest absolute Gasteiger partial charge is 0.295 e. The monoisotopic (exact) mass is 290 g/mol. The number of hydrogen-bond donors (Lipinski definition) is 0. The molecule has 1 unspecified atom stereocenters. The van der Waals surface area contributed by atoms with Crippen molar-refractivity contribution in [2.75, 3.05) is 11.4 Å². The Morgan fingerprint density at radius 2 is 2.12 bits per heavy atom. The van der Waals surface area contributed by atoms with Gasteiger partial charge >= 0.3 is 0 Å². The average molecular weight is 291 g/mol. The lowest BCUT2D eigenvalue weighted by atomic mass is 10.1. The first kappa shape index (κ1) is 10.7. The maximum Gasteiger partial charge on any atom is 0.229 e. The van der Waals surface area contributed by atoms with Crippen LogP contribution in [0.25, 0.3) is 10.8 Å². The van der Waals surface area contributed by atoms with Crippen molar-refractivity contribution in [2.24, 2.45) is 0 Å². The van der Waals surface area contributed by atoms with Gasteiger partial charge in [-0.15, -0.1) is 0 Å². The third kappa shape index (κ3) is 1.82. The Kier molecular flexibility index (Phi) is 2.59. The second-order valence-electron chi connectivity index (χ2n) is 4.16. The molecule has 2 heterocycles. The van der Waals surface area contributed by atoms with Crippen LogP contribution in [0.4, 0.5) is 5.82 Å². The van der Waals surface area contributed by atoms with Gasteiger partial charge in [-0.05, 0) is 11.5 Å². The quantitative estimate of drug-likeness (QED) is 0.757. The van der Waals surface area contributed by atoms with Crippen LogP contribution in [0.5, 0.6) is 0 Å². The average Bonchev–Trinajstić information content (AvgIpc) is 2.68. The number of pyridine rings is 1. The number of aromatic nitrogens is 1. The van der Waals surface area contributed by atoms with Crippen molar-refractivity contribution in [3.8, 4) is 0 Å². The molecule has 3 nitrogen and oxygen atoms in total. The minimum absolute atomic E-state index is 0.135. The summed E-state index contributed by atoms with van der Waals surface area (Å²) in [4.78, 5) is 18.2. The van der Waals surface area contributed by atoms with Gasteiger partial charge in [-0.3, -0.25) is 9.69 Å². The summed E-state index contributed by atoms with van der Waals surface area (Å²) in [5.74, 6) is 0.908. The zero-order valence-electron chi connectivity index (χ0n) is 9.14. The lowest BCUT2D eigenvalue weighted by molar-refractivity contribution is -0.117. The molecule has 86 valence electrons. The highest BCUT2D eigenvalue weighted by Gasteiger charge is 2.30. The highest BCUT2D eigenvalue weighted by Crippen LogP contribution is 2.29. The highest BCUT2D eigenvalue weighted by atomic mass is 79.9. The topological polar surface area (TPSA) is 33.2 Å². The molecule has 1 saturated heterocycles. The van der Waals surface area contributed by atoms with Crippen molar-refractivity contribution in [1.82, 2.24) is 4.98 Å². The van der Waals surface area contributed by atoms with Gasteiger partial charge in [0.1, 0.15) is 5.82 Å². The molecule has 0 bridgehead atoms. The first-order chi connectivity index (χ1) is 8.25. The lowest BCUT2D eigenvalue weighted by Gasteiger charge is -2.16. The van der Waals surface area contributed by atoms with Crippen LogP contribution in [0.1, 0.15) is 6.42 Å². The summed E-state index contributed by atoms with van der Waals surface area (Å²) in [6.07, 6.45) is 2.30. The molecule has 1 aliphatic rings. The summed E-state index contributed by atoms with van der Waals surface area (Å²) in [5.41, 5.74) is 0. The van der Waals surface area contributed by atoms with Crippen LogP contribution < -0.4 is 4.90 Å². The molecular weight excluding hydrogens is 280 g/mol. The number of hydrogen-bond acceptors (Lipinski definition) is 2. The molecule has 0 spiro atoms. The van der Waals surface area contributed by atoms with Crippen LogP contribution in [-0.2, 0) is 4.79 Å². The Morgan fingerprint density at radius 1 is 1.29 bits per heavy atom. The number of anilines is 1. The van der Waals surface area contributed by atoms with E-state index >= 15 is 0 Å². The van der Waals surface area contributed by atoms with E-state index in [0.717, 1.165) is 16.6 Å². The van der Waals surface area contributed by atoms with E-state index < -0.39 is 0 Å². The molecule has 1 aliphatic heterocycles. The molecule has 0 N–H and O–H groups in total. The SMILES string of the molecule is O=C1CC(Br)CN1c1nccc2ccccc12. The maximum absolute atomic E-state index is 11.9. The number of rotatable bonds is 1. The van der Waals surface area contributed by atoms with E-state index in [4.69, 9.17) is 0 Å².